The van der Waals surface area contributed by atoms with Crippen LogP contribution in [0.2, 0.25) is 0 Å². The second-order valence-corrected chi connectivity index (χ2v) is 18.1. The second-order valence-electron chi connectivity index (χ2n) is 18.1. The van der Waals surface area contributed by atoms with E-state index in [1.165, 1.54) is 4.90 Å². The molecular weight excluding hydrogens is 849 g/mol. The number of nitrogens with zero attached hydrogens (tertiary/aromatic N) is 4. The minimum atomic E-state index is -0.350. The summed E-state index contributed by atoms with van der Waals surface area (Å²) in [5.41, 5.74) is 14.9. The molecule has 2 unspecified atom stereocenters. The average Bonchev–Trinajstić information content (AvgIpc) is 4.24. The maximum atomic E-state index is 13.4. The minimum Gasteiger partial charge on any atom is -0.495 e. The normalized spacial score (nSPS) is 21.1. The SMILES string of the molecule is CCN(C=O)C(=O)c1ccc(/C(N)=C/Nc2ccc(N3CCOc4cc(C)ccc4N4CC45CCOCC4(COCCOC5)CN4c4ccc(C)cc4OCC3)c(OC)c2)c2cccc(C)c12. The topological polar surface area (TPSA) is 140 Å². The lowest BCUT2D eigenvalue weighted by Gasteiger charge is -2.28. The highest BCUT2D eigenvalue weighted by Gasteiger charge is 2.55. The highest BCUT2D eigenvalue weighted by atomic mass is 16.5. The molecule has 4 aliphatic rings. The van der Waals surface area contributed by atoms with Crippen molar-refractivity contribution in [3.63, 3.8) is 0 Å². The van der Waals surface area contributed by atoms with Gasteiger partial charge in [-0.25, -0.2) is 0 Å². The van der Waals surface area contributed by atoms with Crippen LogP contribution in [-0.2, 0) is 19.0 Å². The number of anilines is 4. The van der Waals surface area contributed by atoms with Gasteiger partial charge in [-0.15, -0.1) is 0 Å². The Bertz CT molecular complexity index is 2590. The van der Waals surface area contributed by atoms with E-state index < -0.39 is 0 Å². The first kappa shape index (κ1) is 45.7. The zero-order valence-corrected chi connectivity index (χ0v) is 39.3. The number of nitrogens with one attached hydrogen (secondary N) is 1. The van der Waals surface area contributed by atoms with Gasteiger partial charge in [-0.1, -0.05) is 36.4 Å². The molecule has 0 radical (unpaired) electrons. The van der Waals surface area contributed by atoms with Crippen LogP contribution in [-0.4, -0.2) is 121 Å². The fourth-order valence-corrected chi connectivity index (χ4v) is 9.58. The molecule has 3 N–H and O–H groups in total. The van der Waals surface area contributed by atoms with E-state index in [2.05, 4.69) is 70.3 Å². The standard InChI is InChI=1S/C53H62N6O8/c1-6-56(35-60)51(61)42-14-13-40(41-9-7-8-38(4)50(41)42)43(54)29-55-39-12-17-44(47(28-39)62-5)57-19-22-66-48-26-36(2)10-15-45(48)58-30-52(58)18-21-63-33-53(34-65-25-24-64-32-52)31-59(53)46-16-11-37(3)27-49(46)67-23-20-57/h7-17,26-29,35,55H,6,18-25,30-34,54H2,1-5H3/b43-29-. The zero-order chi connectivity index (χ0) is 46.7. The summed E-state index contributed by atoms with van der Waals surface area (Å²) < 4.78 is 38.6. The lowest BCUT2D eigenvalue weighted by molar-refractivity contribution is -0.115. The number of nitrogens with two attached hydrogens (primary N) is 1. The Morgan fingerprint density at radius 2 is 1.37 bits per heavy atom. The molecule has 9 rings (SSSR count). The van der Waals surface area contributed by atoms with Gasteiger partial charge in [-0.2, -0.15) is 0 Å². The van der Waals surface area contributed by atoms with Crippen molar-refractivity contribution in [2.75, 3.05) is 113 Å². The van der Waals surface area contributed by atoms with E-state index in [-0.39, 0.29) is 23.5 Å². The predicted octanol–water partition coefficient (Wildman–Crippen LogP) is 7.31. The summed E-state index contributed by atoms with van der Waals surface area (Å²) in [6.07, 6.45) is 3.16. The Hall–Kier alpha value is -6.48. The summed E-state index contributed by atoms with van der Waals surface area (Å²) in [7, 11) is 1.67. The summed E-state index contributed by atoms with van der Waals surface area (Å²) in [5.74, 6) is 1.97. The van der Waals surface area contributed by atoms with Gasteiger partial charge in [0.2, 0.25) is 6.41 Å². The Morgan fingerprint density at radius 1 is 0.761 bits per heavy atom. The molecule has 352 valence electrons. The van der Waals surface area contributed by atoms with Gasteiger partial charge in [0.05, 0.1) is 81.5 Å². The van der Waals surface area contributed by atoms with E-state index in [9.17, 15) is 9.59 Å². The highest BCUT2D eigenvalue weighted by molar-refractivity contribution is 6.12. The van der Waals surface area contributed by atoms with Crippen molar-refractivity contribution in [2.45, 2.75) is 45.2 Å². The van der Waals surface area contributed by atoms with E-state index in [1.807, 2.05) is 49.4 Å². The zero-order valence-electron chi connectivity index (χ0n) is 39.3. The molecule has 5 aromatic rings. The summed E-state index contributed by atoms with van der Waals surface area (Å²) in [6.45, 7) is 15.1. The first-order valence-corrected chi connectivity index (χ1v) is 23.3. The molecule has 2 atom stereocenters. The summed E-state index contributed by atoms with van der Waals surface area (Å²) in [4.78, 5) is 33.2. The van der Waals surface area contributed by atoms with Gasteiger partial charge in [0, 0.05) is 55.3 Å². The Morgan fingerprint density at radius 3 is 2.03 bits per heavy atom. The molecular formula is C53H62N6O8. The van der Waals surface area contributed by atoms with E-state index >= 15 is 0 Å². The van der Waals surface area contributed by atoms with E-state index in [1.54, 1.807) is 26.3 Å². The van der Waals surface area contributed by atoms with Crippen LogP contribution >= 0.6 is 0 Å². The Balaban J connectivity index is 1.00. The maximum absolute atomic E-state index is 13.4. The third-order valence-electron chi connectivity index (χ3n) is 13.5. The van der Waals surface area contributed by atoms with Crippen LogP contribution < -0.4 is 40.0 Å². The molecule has 2 spiro atoms. The van der Waals surface area contributed by atoms with Gasteiger partial charge in [0.15, 0.2) is 0 Å². The van der Waals surface area contributed by atoms with Crippen molar-refractivity contribution >= 4 is 51.5 Å². The molecule has 2 amide bonds. The highest BCUT2D eigenvalue weighted by Crippen LogP contribution is 2.47. The van der Waals surface area contributed by atoms with Crippen LogP contribution in [0.4, 0.5) is 22.7 Å². The van der Waals surface area contributed by atoms with E-state index in [0.29, 0.717) is 89.4 Å². The summed E-state index contributed by atoms with van der Waals surface area (Å²) >= 11 is 0. The monoisotopic (exact) mass is 910 g/mol. The van der Waals surface area contributed by atoms with Crippen molar-refractivity contribution < 1.29 is 38.0 Å². The quantitative estimate of drug-likeness (QED) is 0.119. The van der Waals surface area contributed by atoms with Crippen molar-refractivity contribution in [3.05, 3.63) is 119 Å². The summed E-state index contributed by atoms with van der Waals surface area (Å²) in [6, 6.07) is 28.2. The first-order chi connectivity index (χ1) is 32.6. The molecule has 0 aliphatic carbocycles. The molecule has 4 aliphatic heterocycles. The summed E-state index contributed by atoms with van der Waals surface area (Å²) in [5, 5.41) is 4.95. The number of carbonyl (C=O) groups excluding carboxylic acids is 2. The van der Waals surface area contributed by atoms with Gasteiger partial charge in [0.1, 0.15) is 36.0 Å². The van der Waals surface area contributed by atoms with Gasteiger partial charge in [-0.05, 0) is 104 Å². The van der Waals surface area contributed by atoms with Crippen LogP contribution in [0.25, 0.3) is 16.5 Å². The fraction of sp³-hybridized carbons (Fsp3) is 0.396. The third kappa shape index (κ3) is 9.43. The van der Waals surface area contributed by atoms with E-state index in [4.69, 9.17) is 34.2 Å². The lowest BCUT2D eigenvalue weighted by atomic mass is 9.94. The third-order valence-corrected chi connectivity index (χ3v) is 13.5. The average molecular weight is 911 g/mol. The van der Waals surface area contributed by atoms with Crippen LogP contribution in [0.5, 0.6) is 17.2 Å². The number of hydrogen-bond donors (Lipinski definition) is 2. The van der Waals surface area contributed by atoms with Crippen LogP contribution in [0.3, 0.4) is 0 Å². The number of benzene rings is 5. The molecule has 14 heteroatoms. The van der Waals surface area contributed by atoms with Crippen LogP contribution in [0.1, 0.15) is 46.0 Å². The number of aryl methyl sites for hydroxylation is 3. The minimum absolute atomic E-state index is 0.189. The number of hydrogen-bond acceptors (Lipinski definition) is 13. The number of ether oxygens (including phenoxy) is 6. The number of methoxy groups -OCH3 is 1. The molecule has 0 aromatic heterocycles. The van der Waals surface area contributed by atoms with Crippen molar-refractivity contribution in [3.8, 4) is 17.2 Å². The van der Waals surface area contributed by atoms with Gasteiger partial charge in [-0.3, -0.25) is 14.5 Å². The number of imide groups is 1. The molecule has 67 heavy (non-hydrogen) atoms. The molecule has 5 aromatic carbocycles. The smallest absolute Gasteiger partial charge is 0.260 e. The van der Waals surface area contributed by atoms with Crippen molar-refractivity contribution in [1.29, 1.82) is 0 Å². The molecule has 2 bridgehead atoms. The fourth-order valence-electron chi connectivity index (χ4n) is 9.58. The number of amides is 2. The maximum Gasteiger partial charge on any atom is 0.260 e. The lowest BCUT2D eigenvalue weighted by Crippen LogP contribution is -2.35. The van der Waals surface area contributed by atoms with Crippen LogP contribution in [0.15, 0.2) is 91.1 Å². The van der Waals surface area contributed by atoms with Gasteiger partial charge in [0.25, 0.3) is 5.91 Å². The number of rotatable bonds is 8. The number of carbonyl (C=O) groups is 2. The molecule has 4 heterocycles. The van der Waals surface area contributed by atoms with E-state index in [0.717, 1.165) is 86.8 Å². The van der Waals surface area contributed by atoms with Crippen molar-refractivity contribution in [2.24, 2.45) is 5.73 Å². The molecule has 3 saturated heterocycles. The van der Waals surface area contributed by atoms with Crippen LogP contribution in [0, 0.1) is 20.8 Å². The molecule has 0 saturated carbocycles. The molecule has 14 nitrogen and oxygen atoms in total. The Kier molecular flexibility index (Phi) is 13.2. The van der Waals surface area contributed by atoms with Gasteiger partial charge < -0.3 is 54.2 Å². The first-order valence-electron chi connectivity index (χ1n) is 23.3. The molecule has 3 fully saturated rings. The van der Waals surface area contributed by atoms with Gasteiger partial charge >= 0.3 is 0 Å². The number of fused-ring (bicyclic) bond motifs is 8. The largest absolute Gasteiger partial charge is 0.495 e. The van der Waals surface area contributed by atoms with Crippen molar-refractivity contribution in [1.82, 2.24) is 4.90 Å². The Labute approximate surface area is 393 Å². The second kappa shape index (κ2) is 19.4. The predicted molar refractivity (Wildman–Crippen MR) is 263 cm³/mol.